The second-order valence-electron chi connectivity index (χ2n) is 7.95. The fourth-order valence-corrected chi connectivity index (χ4v) is 3.60. The molecule has 0 radical (unpaired) electrons. The van der Waals surface area contributed by atoms with E-state index in [-0.39, 0.29) is 23.5 Å². The molecule has 0 unspecified atom stereocenters. The number of rotatable bonds is 9. The van der Waals surface area contributed by atoms with Gasteiger partial charge in [0.25, 0.3) is 0 Å². The number of methoxy groups -OCH3 is 1. The zero-order valence-electron chi connectivity index (χ0n) is 20.6. The van der Waals surface area contributed by atoms with Crippen LogP contribution < -0.4 is 19.8 Å². The molecule has 0 fully saturated rings. The molecule has 0 N–H and O–H groups in total. The number of halogens is 1. The minimum Gasteiger partial charge on any atom is -0.493 e. The van der Waals surface area contributed by atoms with Gasteiger partial charge in [-0.1, -0.05) is 29.8 Å². The molecule has 0 aliphatic rings. The summed E-state index contributed by atoms with van der Waals surface area (Å²) in [4.78, 5) is 36.4. The lowest BCUT2D eigenvalue weighted by Gasteiger charge is -2.11. The van der Waals surface area contributed by atoms with E-state index < -0.39 is 17.6 Å². The lowest BCUT2D eigenvalue weighted by Crippen LogP contribution is -2.16. The molecule has 0 spiro atoms. The Balaban J connectivity index is 1.41. The Kier molecular flexibility index (Phi) is 8.45. The number of carbonyl (C=O) groups excluding carboxylic acids is 2. The number of carbonyl (C=O) groups is 2. The van der Waals surface area contributed by atoms with Gasteiger partial charge in [0.1, 0.15) is 23.5 Å². The third kappa shape index (κ3) is 6.60. The number of fused-ring (bicyclic) bond motifs is 1. The molecule has 0 atom stereocenters. The van der Waals surface area contributed by atoms with Gasteiger partial charge in [-0.05, 0) is 66.6 Å². The molecule has 194 valence electrons. The predicted molar refractivity (Wildman–Crippen MR) is 142 cm³/mol. The minimum absolute atomic E-state index is 0.133. The Bertz CT molecular complexity index is 1550. The summed E-state index contributed by atoms with van der Waals surface area (Å²) in [5.74, 6) is -0.187. The summed E-state index contributed by atoms with van der Waals surface area (Å²) in [6, 6.07) is 18.5. The van der Waals surface area contributed by atoms with Crippen molar-refractivity contribution in [3.05, 3.63) is 105 Å². The van der Waals surface area contributed by atoms with Gasteiger partial charge in [-0.25, -0.2) is 14.4 Å². The Morgan fingerprint density at radius 3 is 2.50 bits per heavy atom. The molecule has 0 aliphatic carbocycles. The van der Waals surface area contributed by atoms with E-state index in [4.69, 9.17) is 35.0 Å². The second-order valence-corrected chi connectivity index (χ2v) is 8.38. The van der Waals surface area contributed by atoms with Gasteiger partial charge in [-0.2, -0.15) is 0 Å². The molecule has 1 aromatic heterocycles. The van der Waals surface area contributed by atoms with Crippen molar-refractivity contribution in [3.63, 3.8) is 0 Å². The molecule has 3 aromatic carbocycles. The van der Waals surface area contributed by atoms with Gasteiger partial charge >= 0.3 is 17.6 Å². The topological polar surface area (TPSA) is 101 Å². The maximum atomic E-state index is 12.4. The van der Waals surface area contributed by atoms with Crippen molar-refractivity contribution in [1.82, 2.24) is 0 Å². The van der Waals surface area contributed by atoms with Crippen molar-refractivity contribution in [2.24, 2.45) is 0 Å². The zero-order chi connectivity index (χ0) is 27.1. The Hall–Kier alpha value is -4.56. The average molecular weight is 535 g/mol. The molecule has 0 saturated heterocycles. The molecular weight excluding hydrogens is 512 g/mol. The van der Waals surface area contributed by atoms with Crippen LogP contribution in [-0.2, 0) is 16.1 Å². The zero-order valence-corrected chi connectivity index (χ0v) is 21.3. The quantitative estimate of drug-likeness (QED) is 0.114. The van der Waals surface area contributed by atoms with Crippen LogP contribution in [0.4, 0.5) is 0 Å². The summed E-state index contributed by atoms with van der Waals surface area (Å²) in [6.07, 6.45) is 2.83. The molecule has 4 aromatic rings. The van der Waals surface area contributed by atoms with Crippen molar-refractivity contribution in [2.45, 2.75) is 13.5 Å². The highest BCUT2D eigenvalue weighted by Crippen LogP contribution is 2.29. The van der Waals surface area contributed by atoms with Crippen LogP contribution >= 0.6 is 11.6 Å². The highest BCUT2D eigenvalue weighted by molar-refractivity contribution is 6.30. The molecule has 0 bridgehead atoms. The molecule has 0 saturated carbocycles. The summed E-state index contributed by atoms with van der Waals surface area (Å²) < 4.78 is 26.7. The molecule has 1 heterocycles. The predicted octanol–water partition coefficient (Wildman–Crippen LogP) is 5.83. The second kappa shape index (κ2) is 12.1. The molecule has 8 nitrogen and oxygen atoms in total. The monoisotopic (exact) mass is 534 g/mol. The van der Waals surface area contributed by atoms with Crippen molar-refractivity contribution < 1.29 is 33.0 Å². The van der Waals surface area contributed by atoms with Gasteiger partial charge in [0.2, 0.25) is 0 Å². The van der Waals surface area contributed by atoms with E-state index in [9.17, 15) is 14.4 Å². The first-order chi connectivity index (χ1) is 18.4. The van der Waals surface area contributed by atoms with Gasteiger partial charge in [0, 0.05) is 22.6 Å². The fourth-order valence-electron chi connectivity index (χ4n) is 3.47. The molecule has 9 heteroatoms. The summed E-state index contributed by atoms with van der Waals surface area (Å²) in [6.45, 7) is 2.11. The average Bonchev–Trinajstić information content (AvgIpc) is 2.91. The van der Waals surface area contributed by atoms with Crippen molar-refractivity contribution in [3.8, 4) is 17.2 Å². The maximum absolute atomic E-state index is 12.4. The van der Waals surface area contributed by atoms with Crippen LogP contribution in [0, 0.1) is 0 Å². The molecule has 38 heavy (non-hydrogen) atoms. The van der Waals surface area contributed by atoms with Gasteiger partial charge in [-0.15, -0.1) is 0 Å². The molecule has 0 aliphatic heterocycles. The number of hydrogen-bond donors (Lipinski definition) is 0. The first kappa shape index (κ1) is 26.5. The number of ether oxygens (including phenoxy) is 4. The van der Waals surface area contributed by atoms with Crippen LogP contribution in [0.3, 0.4) is 0 Å². The van der Waals surface area contributed by atoms with Gasteiger partial charge < -0.3 is 23.4 Å². The Labute approximate surface area is 223 Å². The van der Waals surface area contributed by atoms with Crippen LogP contribution in [0.2, 0.25) is 5.02 Å². The van der Waals surface area contributed by atoms with E-state index in [2.05, 4.69) is 0 Å². The maximum Gasteiger partial charge on any atom is 0.351 e. The highest BCUT2D eigenvalue weighted by Gasteiger charge is 2.15. The summed E-state index contributed by atoms with van der Waals surface area (Å²) in [5.41, 5.74) is 0.762. The summed E-state index contributed by atoms with van der Waals surface area (Å²) >= 11 is 5.91. The van der Waals surface area contributed by atoms with Crippen LogP contribution in [0.5, 0.6) is 17.2 Å². The Morgan fingerprint density at radius 2 is 1.76 bits per heavy atom. The minimum atomic E-state index is -0.839. The molecule has 4 rings (SSSR count). The molecular formula is C29H23ClO8. The fraction of sp³-hybridized carbons (Fsp3) is 0.138. The van der Waals surface area contributed by atoms with E-state index in [1.54, 1.807) is 49.4 Å². The SMILES string of the molecule is CCOC(=O)c1cc2ccc(OC(=O)/C=C/c3ccc(OCc4ccc(Cl)cc4)c(OC)c3)cc2oc1=O. The van der Waals surface area contributed by atoms with Gasteiger partial charge in [0.05, 0.1) is 13.7 Å². The van der Waals surface area contributed by atoms with E-state index >= 15 is 0 Å². The normalized spacial score (nSPS) is 10.9. The van der Waals surface area contributed by atoms with E-state index in [1.807, 2.05) is 12.1 Å². The number of benzene rings is 3. The smallest absolute Gasteiger partial charge is 0.351 e. The molecule has 0 amide bonds. The van der Waals surface area contributed by atoms with Crippen molar-refractivity contribution >= 4 is 40.6 Å². The van der Waals surface area contributed by atoms with E-state index in [1.165, 1.54) is 31.4 Å². The summed E-state index contributed by atoms with van der Waals surface area (Å²) in [7, 11) is 1.53. The third-order valence-corrected chi connectivity index (χ3v) is 5.58. The standard InChI is InChI=1S/C29H23ClO8/c1-3-35-28(32)23-15-20-8-11-22(16-25(20)38-29(23)33)37-27(31)13-7-18-6-12-24(26(14-18)34-2)36-17-19-4-9-21(30)10-5-19/h4-16H,3,17H2,1-2H3/b13-7+. The van der Waals surface area contributed by atoms with Crippen molar-refractivity contribution in [2.75, 3.05) is 13.7 Å². The largest absolute Gasteiger partial charge is 0.493 e. The van der Waals surface area contributed by atoms with Gasteiger partial charge in [-0.3, -0.25) is 0 Å². The first-order valence-corrected chi connectivity index (χ1v) is 11.9. The van der Waals surface area contributed by atoms with Crippen LogP contribution in [0.1, 0.15) is 28.4 Å². The third-order valence-electron chi connectivity index (χ3n) is 5.33. The van der Waals surface area contributed by atoms with Crippen LogP contribution in [0.15, 0.2) is 82.0 Å². The lowest BCUT2D eigenvalue weighted by atomic mass is 10.2. The summed E-state index contributed by atoms with van der Waals surface area (Å²) in [5, 5.41) is 1.13. The number of esters is 2. The highest BCUT2D eigenvalue weighted by atomic mass is 35.5. The van der Waals surface area contributed by atoms with E-state index in [0.717, 1.165) is 5.56 Å². The number of hydrogen-bond acceptors (Lipinski definition) is 8. The lowest BCUT2D eigenvalue weighted by molar-refractivity contribution is -0.128. The van der Waals surface area contributed by atoms with Crippen LogP contribution in [-0.4, -0.2) is 25.7 Å². The van der Waals surface area contributed by atoms with E-state index in [0.29, 0.717) is 34.1 Å². The van der Waals surface area contributed by atoms with Gasteiger partial charge in [0.15, 0.2) is 11.5 Å². The van der Waals surface area contributed by atoms with Crippen molar-refractivity contribution in [1.29, 1.82) is 0 Å². The first-order valence-electron chi connectivity index (χ1n) is 11.6. The Morgan fingerprint density at radius 1 is 0.974 bits per heavy atom. The van der Waals surface area contributed by atoms with Crippen LogP contribution in [0.25, 0.3) is 17.0 Å².